The van der Waals surface area contributed by atoms with Crippen molar-refractivity contribution in [3.05, 3.63) is 46.8 Å². The Morgan fingerprint density at radius 3 is 2.14 bits per heavy atom. The summed E-state index contributed by atoms with van der Waals surface area (Å²) in [6.07, 6.45) is 5.17. The number of benzene rings is 1. The minimum atomic E-state index is -0.207. The second kappa shape index (κ2) is 5.57. The first-order chi connectivity index (χ1) is 10.1. The van der Waals surface area contributed by atoms with Gasteiger partial charge >= 0.3 is 0 Å². The van der Waals surface area contributed by atoms with Gasteiger partial charge in [0.1, 0.15) is 11.6 Å². The molecule has 0 spiro atoms. The van der Waals surface area contributed by atoms with Crippen molar-refractivity contribution in [1.29, 1.82) is 0 Å². The first-order valence-electron chi connectivity index (χ1n) is 7.84. The van der Waals surface area contributed by atoms with E-state index in [1.54, 1.807) is 19.2 Å². The number of ether oxygens (including phenoxy) is 1. The summed E-state index contributed by atoms with van der Waals surface area (Å²) in [5, 5.41) is 0. The molecule has 0 aliphatic heterocycles. The van der Waals surface area contributed by atoms with Crippen LogP contribution >= 0.6 is 0 Å². The average Bonchev–Trinajstić information content (AvgIpc) is 2.85. The highest BCUT2D eigenvalue weighted by Gasteiger charge is 2.28. The van der Waals surface area contributed by atoms with E-state index in [2.05, 4.69) is 53.7 Å². The molecule has 0 unspecified atom stereocenters. The number of hydrogen-bond donors (Lipinski definition) is 0. The summed E-state index contributed by atoms with van der Waals surface area (Å²) in [6.45, 7) is 12.8. The Bertz CT molecular complexity index is 637. The number of methoxy groups -OCH3 is 1. The molecule has 0 saturated carbocycles. The van der Waals surface area contributed by atoms with Crippen molar-refractivity contribution in [3.8, 4) is 5.75 Å². The molecule has 22 heavy (non-hydrogen) atoms. The normalized spacial score (nSPS) is 15.6. The lowest BCUT2D eigenvalue weighted by Crippen LogP contribution is -2.15. The van der Waals surface area contributed by atoms with Crippen LogP contribution in [0.3, 0.4) is 0 Å². The average molecular weight is 302 g/mol. The molecule has 1 nitrogen and oxygen atoms in total. The summed E-state index contributed by atoms with van der Waals surface area (Å²) in [6, 6.07) is 3.20. The predicted octanol–water partition coefficient (Wildman–Crippen LogP) is 5.89. The largest absolute Gasteiger partial charge is 0.496 e. The van der Waals surface area contributed by atoms with Gasteiger partial charge < -0.3 is 4.74 Å². The van der Waals surface area contributed by atoms with Gasteiger partial charge in [-0.05, 0) is 35.0 Å². The molecule has 0 amide bonds. The third-order valence-corrected chi connectivity index (χ3v) is 4.19. The van der Waals surface area contributed by atoms with Gasteiger partial charge in [-0.25, -0.2) is 4.39 Å². The highest BCUT2D eigenvalue weighted by Crippen LogP contribution is 2.45. The van der Waals surface area contributed by atoms with Crippen LogP contribution in [0.2, 0.25) is 0 Å². The van der Waals surface area contributed by atoms with Crippen molar-refractivity contribution in [2.24, 2.45) is 5.41 Å². The van der Waals surface area contributed by atoms with Gasteiger partial charge in [0.2, 0.25) is 0 Å². The van der Waals surface area contributed by atoms with E-state index in [4.69, 9.17) is 4.74 Å². The molecule has 2 heteroatoms. The standard InChI is InChI=1S/C20H27FO/c1-19(2,3)16-10-8-9-14(16)15-11-13(21)12-17(18(15)22-7)20(4,5)6/h8-9,11-12H,10H2,1-7H3. The fourth-order valence-corrected chi connectivity index (χ4v) is 3.04. The smallest absolute Gasteiger partial charge is 0.130 e. The fourth-order valence-electron chi connectivity index (χ4n) is 3.04. The topological polar surface area (TPSA) is 9.23 Å². The lowest BCUT2D eigenvalue weighted by Gasteiger charge is -2.27. The summed E-state index contributed by atoms with van der Waals surface area (Å²) in [5.41, 5.74) is 4.09. The van der Waals surface area contributed by atoms with Crippen molar-refractivity contribution in [3.63, 3.8) is 0 Å². The van der Waals surface area contributed by atoms with Gasteiger partial charge in [0.25, 0.3) is 0 Å². The molecule has 0 N–H and O–H groups in total. The minimum Gasteiger partial charge on any atom is -0.496 e. The first-order valence-corrected chi connectivity index (χ1v) is 7.84. The summed E-state index contributed by atoms with van der Waals surface area (Å²) >= 11 is 0. The van der Waals surface area contributed by atoms with Gasteiger partial charge in [0.05, 0.1) is 7.11 Å². The van der Waals surface area contributed by atoms with Gasteiger partial charge in [-0.1, -0.05) is 59.3 Å². The van der Waals surface area contributed by atoms with Crippen LogP contribution in [0.15, 0.2) is 29.9 Å². The van der Waals surface area contributed by atoms with Gasteiger partial charge in [0.15, 0.2) is 0 Å². The zero-order chi connectivity index (χ0) is 16.7. The molecular weight excluding hydrogens is 275 g/mol. The molecule has 0 radical (unpaired) electrons. The van der Waals surface area contributed by atoms with E-state index in [9.17, 15) is 4.39 Å². The molecule has 1 aliphatic rings. The molecule has 1 aliphatic carbocycles. The van der Waals surface area contributed by atoms with Crippen LogP contribution < -0.4 is 4.74 Å². The SMILES string of the molecule is COc1c(C2=C(C(C)(C)C)CC=C2)cc(F)cc1C(C)(C)C. The maximum atomic E-state index is 14.2. The van der Waals surface area contributed by atoms with Crippen molar-refractivity contribution in [2.45, 2.75) is 53.4 Å². The lowest BCUT2D eigenvalue weighted by molar-refractivity contribution is 0.394. The Morgan fingerprint density at radius 2 is 1.64 bits per heavy atom. The molecule has 0 saturated heterocycles. The van der Waals surface area contributed by atoms with E-state index < -0.39 is 0 Å². The Hall–Kier alpha value is -1.57. The third kappa shape index (κ3) is 3.11. The van der Waals surface area contributed by atoms with Crippen molar-refractivity contribution in [1.82, 2.24) is 0 Å². The Morgan fingerprint density at radius 1 is 1.00 bits per heavy atom. The molecule has 0 heterocycles. The van der Waals surface area contributed by atoms with E-state index in [0.717, 1.165) is 28.9 Å². The Balaban J connectivity index is 2.76. The van der Waals surface area contributed by atoms with E-state index in [1.165, 1.54) is 5.57 Å². The molecule has 0 fully saturated rings. The number of rotatable bonds is 2. The zero-order valence-electron chi connectivity index (χ0n) is 14.8. The van der Waals surface area contributed by atoms with Gasteiger partial charge in [-0.3, -0.25) is 0 Å². The lowest BCUT2D eigenvalue weighted by atomic mass is 9.80. The molecule has 0 atom stereocenters. The maximum Gasteiger partial charge on any atom is 0.130 e. The van der Waals surface area contributed by atoms with Crippen molar-refractivity contribution in [2.75, 3.05) is 7.11 Å². The maximum absolute atomic E-state index is 14.2. The van der Waals surface area contributed by atoms with E-state index in [0.29, 0.717) is 0 Å². The number of hydrogen-bond acceptors (Lipinski definition) is 1. The monoisotopic (exact) mass is 302 g/mol. The number of halogens is 1. The molecule has 2 rings (SSSR count). The van der Waals surface area contributed by atoms with E-state index >= 15 is 0 Å². The summed E-state index contributed by atoms with van der Waals surface area (Å²) in [5.74, 6) is 0.582. The molecule has 1 aromatic rings. The summed E-state index contributed by atoms with van der Waals surface area (Å²) in [4.78, 5) is 0. The highest BCUT2D eigenvalue weighted by atomic mass is 19.1. The molecular formula is C20H27FO. The summed E-state index contributed by atoms with van der Waals surface area (Å²) < 4.78 is 19.9. The van der Waals surface area contributed by atoms with Crippen LogP contribution in [0.5, 0.6) is 5.75 Å². The third-order valence-electron chi connectivity index (χ3n) is 4.19. The van der Waals surface area contributed by atoms with Crippen LogP contribution in [-0.2, 0) is 5.41 Å². The van der Waals surface area contributed by atoms with Crippen LogP contribution in [0.1, 0.15) is 59.1 Å². The van der Waals surface area contributed by atoms with Crippen LogP contribution in [-0.4, -0.2) is 7.11 Å². The predicted molar refractivity (Wildman–Crippen MR) is 91.8 cm³/mol. The van der Waals surface area contributed by atoms with Crippen molar-refractivity contribution < 1.29 is 9.13 Å². The van der Waals surface area contributed by atoms with Crippen molar-refractivity contribution >= 4 is 5.57 Å². The van der Waals surface area contributed by atoms with E-state index in [1.807, 2.05) is 0 Å². The zero-order valence-corrected chi connectivity index (χ0v) is 14.8. The second-order valence-electron chi connectivity index (χ2n) is 8.03. The summed E-state index contributed by atoms with van der Waals surface area (Å²) in [7, 11) is 1.67. The van der Waals surface area contributed by atoms with Gasteiger partial charge in [0, 0.05) is 11.1 Å². The fraction of sp³-hybridized carbons (Fsp3) is 0.500. The Labute approximate surface area is 133 Å². The molecule has 0 bridgehead atoms. The van der Waals surface area contributed by atoms with Gasteiger partial charge in [-0.15, -0.1) is 0 Å². The highest BCUT2D eigenvalue weighted by molar-refractivity contribution is 5.84. The first kappa shape index (κ1) is 16.8. The number of allylic oxidation sites excluding steroid dienone is 4. The minimum absolute atomic E-state index is 0.0536. The van der Waals surface area contributed by atoms with Crippen LogP contribution in [0, 0.1) is 11.2 Å². The Kier molecular flexibility index (Phi) is 4.25. The molecule has 1 aromatic carbocycles. The quantitative estimate of drug-likeness (QED) is 0.661. The second-order valence-corrected chi connectivity index (χ2v) is 8.03. The molecule has 0 aromatic heterocycles. The van der Waals surface area contributed by atoms with E-state index in [-0.39, 0.29) is 16.6 Å². The van der Waals surface area contributed by atoms with Crippen LogP contribution in [0.25, 0.3) is 5.57 Å². The molecule has 120 valence electrons. The van der Waals surface area contributed by atoms with Crippen LogP contribution in [0.4, 0.5) is 4.39 Å². The van der Waals surface area contributed by atoms with Gasteiger partial charge in [-0.2, -0.15) is 0 Å².